The number of carbonyl (C=O) groups is 1. The van der Waals surface area contributed by atoms with Crippen molar-refractivity contribution in [2.45, 2.75) is 6.18 Å². The van der Waals surface area contributed by atoms with Gasteiger partial charge < -0.3 is 5.11 Å². The van der Waals surface area contributed by atoms with Crippen LogP contribution >= 0.6 is 0 Å². The molecule has 0 aliphatic heterocycles. The molecule has 2 rings (SSSR count). The van der Waals surface area contributed by atoms with Crippen molar-refractivity contribution in [2.75, 3.05) is 0 Å². The molecule has 0 atom stereocenters. The average Bonchev–Trinajstić information content (AvgIpc) is 2.58. The maximum atomic E-state index is 12.3. The van der Waals surface area contributed by atoms with Gasteiger partial charge in [0.2, 0.25) is 0 Å². The Morgan fingerprint density at radius 2 is 2.12 bits per heavy atom. The highest BCUT2D eigenvalue weighted by atomic mass is 19.4. The number of aromatic carboxylic acids is 1. The molecular formula is C8H4F3N3O2. The third-order valence-electron chi connectivity index (χ3n) is 1.85. The van der Waals surface area contributed by atoms with Gasteiger partial charge in [-0.05, 0) is 0 Å². The van der Waals surface area contributed by atoms with E-state index in [4.69, 9.17) is 5.11 Å². The van der Waals surface area contributed by atoms with Gasteiger partial charge in [-0.1, -0.05) is 0 Å². The molecule has 2 aromatic heterocycles. The molecule has 84 valence electrons. The van der Waals surface area contributed by atoms with E-state index >= 15 is 0 Å². The Balaban J connectivity index is 2.59. The lowest BCUT2D eigenvalue weighted by molar-refractivity contribution is -0.141. The first-order chi connectivity index (χ1) is 7.38. The van der Waals surface area contributed by atoms with E-state index in [0.717, 1.165) is 23.0 Å². The first-order valence-corrected chi connectivity index (χ1v) is 4.04. The number of alkyl halides is 3. The van der Waals surface area contributed by atoms with Crippen LogP contribution in [0.4, 0.5) is 13.2 Å². The van der Waals surface area contributed by atoms with Crippen LogP contribution in [-0.2, 0) is 6.18 Å². The summed E-state index contributed by atoms with van der Waals surface area (Å²) in [5, 5.41) is 11.8. The minimum atomic E-state index is -4.57. The van der Waals surface area contributed by atoms with Crippen molar-refractivity contribution in [3.8, 4) is 0 Å². The summed E-state index contributed by atoms with van der Waals surface area (Å²) in [7, 11) is 0. The lowest BCUT2D eigenvalue weighted by Gasteiger charge is -1.98. The molecule has 8 heteroatoms. The minimum Gasteiger partial charge on any atom is -0.478 e. The zero-order chi connectivity index (χ0) is 11.9. The van der Waals surface area contributed by atoms with Gasteiger partial charge in [0.25, 0.3) is 0 Å². The molecular weight excluding hydrogens is 227 g/mol. The summed E-state index contributed by atoms with van der Waals surface area (Å²) < 4.78 is 37.6. The summed E-state index contributed by atoms with van der Waals surface area (Å²) in [6.07, 6.45) is -2.63. The fraction of sp³-hybridized carbons (Fsp3) is 0.125. The van der Waals surface area contributed by atoms with Gasteiger partial charge in [0.15, 0.2) is 11.3 Å². The van der Waals surface area contributed by atoms with E-state index in [-0.39, 0.29) is 11.2 Å². The van der Waals surface area contributed by atoms with Crippen molar-refractivity contribution in [1.82, 2.24) is 14.6 Å². The van der Waals surface area contributed by atoms with Crippen molar-refractivity contribution < 1.29 is 23.1 Å². The Hall–Kier alpha value is -2.12. The normalized spacial score (nSPS) is 11.9. The van der Waals surface area contributed by atoms with Gasteiger partial charge in [0, 0.05) is 18.5 Å². The largest absolute Gasteiger partial charge is 0.478 e. The second kappa shape index (κ2) is 3.19. The Morgan fingerprint density at radius 1 is 1.44 bits per heavy atom. The Bertz CT molecular complexity index is 561. The zero-order valence-electron chi connectivity index (χ0n) is 7.56. The highest BCUT2D eigenvalue weighted by Crippen LogP contribution is 2.28. The highest BCUT2D eigenvalue weighted by Gasteiger charge is 2.34. The molecule has 0 aromatic carbocycles. The monoisotopic (exact) mass is 231 g/mol. The third kappa shape index (κ3) is 1.69. The summed E-state index contributed by atoms with van der Waals surface area (Å²) in [6, 6.07) is 0.742. The molecule has 0 saturated carbocycles. The number of carboxylic acids is 1. The van der Waals surface area contributed by atoms with Gasteiger partial charge in [-0.15, -0.1) is 0 Å². The predicted octanol–water partition coefficient (Wildman–Crippen LogP) is 1.45. The van der Waals surface area contributed by atoms with E-state index in [1.807, 2.05) is 0 Å². The van der Waals surface area contributed by atoms with Crippen molar-refractivity contribution in [3.05, 3.63) is 29.7 Å². The van der Waals surface area contributed by atoms with Crippen molar-refractivity contribution in [2.24, 2.45) is 0 Å². The van der Waals surface area contributed by atoms with Crippen molar-refractivity contribution in [3.63, 3.8) is 0 Å². The maximum Gasteiger partial charge on any atom is 0.435 e. The van der Waals surface area contributed by atoms with Crippen LogP contribution in [-0.4, -0.2) is 25.7 Å². The molecule has 0 radical (unpaired) electrons. The van der Waals surface area contributed by atoms with Crippen LogP contribution in [0.2, 0.25) is 0 Å². The number of rotatable bonds is 1. The van der Waals surface area contributed by atoms with Gasteiger partial charge in [-0.2, -0.15) is 18.3 Å². The van der Waals surface area contributed by atoms with Crippen LogP contribution in [0, 0.1) is 0 Å². The van der Waals surface area contributed by atoms with Crippen molar-refractivity contribution >= 4 is 11.6 Å². The molecule has 0 saturated heterocycles. The summed E-state index contributed by atoms with van der Waals surface area (Å²) in [5.41, 5.74) is -1.40. The van der Waals surface area contributed by atoms with Gasteiger partial charge >= 0.3 is 12.1 Å². The number of hydrogen-bond donors (Lipinski definition) is 1. The van der Waals surface area contributed by atoms with E-state index in [1.165, 1.54) is 0 Å². The molecule has 2 aromatic rings. The molecule has 1 N–H and O–H groups in total. The molecule has 5 nitrogen and oxygen atoms in total. The summed E-state index contributed by atoms with van der Waals surface area (Å²) in [6.45, 7) is 0. The van der Waals surface area contributed by atoms with Crippen LogP contribution in [0.3, 0.4) is 0 Å². The highest BCUT2D eigenvalue weighted by molar-refractivity contribution is 5.87. The number of aromatic nitrogens is 3. The van der Waals surface area contributed by atoms with Gasteiger partial charge in [-0.3, -0.25) is 0 Å². The molecule has 0 fully saturated rings. The number of hydrogen-bond acceptors (Lipinski definition) is 3. The average molecular weight is 231 g/mol. The summed E-state index contributed by atoms with van der Waals surface area (Å²) in [4.78, 5) is 14.1. The Kier molecular flexibility index (Phi) is 2.07. The predicted molar refractivity (Wildman–Crippen MR) is 44.9 cm³/mol. The van der Waals surface area contributed by atoms with Crippen molar-refractivity contribution in [1.29, 1.82) is 0 Å². The first kappa shape index (κ1) is 10.4. The van der Waals surface area contributed by atoms with Crippen LogP contribution in [0.25, 0.3) is 5.65 Å². The summed E-state index contributed by atoms with van der Waals surface area (Å²) in [5.74, 6) is -1.28. The quantitative estimate of drug-likeness (QED) is 0.806. The number of carboxylic acid groups (broad SMARTS) is 1. The van der Waals surface area contributed by atoms with Gasteiger partial charge in [0.05, 0.1) is 5.56 Å². The second-order valence-electron chi connectivity index (χ2n) is 2.98. The van der Waals surface area contributed by atoms with Crippen LogP contribution in [0.1, 0.15) is 16.1 Å². The molecule has 0 aliphatic rings. The SMILES string of the molecule is O=C(O)c1cnc2cc(C(F)(F)F)nn2c1. The summed E-state index contributed by atoms with van der Waals surface area (Å²) >= 11 is 0. The number of nitrogens with zero attached hydrogens (tertiary/aromatic N) is 3. The van der Waals surface area contributed by atoms with Crippen LogP contribution in [0.5, 0.6) is 0 Å². The first-order valence-electron chi connectivity index (χ1n) is 4.04. The second-order valence-corrected chi connectivity index (χ2v) is 2.98. The fourth-order valence-electron chi connectivity index (χ4n) is 1.13. The Morgan fingerprint density at radius 3 is 2.69 bits per heavy atom. The molecule has 0 spiro atoms. The zero-order valence-corrected chi connectivity index (χ0v) is 7.56. The molecule has 16 heavy (non-hydrogen) atoms. The minimum absolute atomic E-state index is 0.0580. The van der Waals surface area contributed by atoms with Gasteiger partial charge in [-0.25, -0.2) is 14.3 Å². The van der Waals surface area contributed by atoms with Gasteiger partial charge in [0.1, 0.15) is 0 Å². The van der Waals surface area contributed by atoms with Crippen LogP contribution < -0.4 is 0 Å². The van der Waals surface area contributed by atoms with E-state index in [0.29, 0.717) is 0 Å². The maximum absolute atomic E-state index is 12.3. The Labute approximate surface area is 86.1 Å². The third-order valence-corrected chi connectivity index (χ3v) is 1.85. The lowest BCUT2D eigenvalue weighted by atomic mass is 10.3. The molecule has 0 aliphatic carbocycles. The number of halogens is 3. The molecule has 2 heterocycles. The van der Waals surface area contributed by atoms with E-state index in [2.05, 4.69) is 10.1 Å². The van der Waals surface area contributed by atoms with E-state index < -0.39 is 17.8 Å². The van der Waals surface area contributed by atoms with Crippen LogP contribution in [0.15, 0.2) is 18.5 Å². The molecule has 0 amide bonds. The molecule has 0 unspecified atom stereocenters. The van der Waals surface area contributed by atoms with E-state index in [1.54, 1.807) is 0 Å². The fourth-order valence-corrected chi connectivity index (χ4v) is 1.13. The smallest absolute Gasteiger partial charge is 0.435 e. The standard InChI is InChI=1S/C8H4F3N3O2/c9-8(10,11)5-1-6-12-2-4(7(15)16)3-14(6)13-5/h1-3H,(H,15,16). The molecule has 0 bridgehead atoms. The topological polar surface area (TPSA) is 67.5 Å². The van der Waals surface area contributed by atoms with E-state index in [9.17, 15) is 18.0 Å². The number of fused-ring (bicyclic) bond motifs is 1. The lowest BCUT2D eigenvalue weighted by Crippen LogP contribution is -2.06.